The zero-order valence-corrected chi connectivity index (χ0v) is 17.8. The van der Waals surface area contributed by atoms with Gasteiger partial charge in [-0.15, -0.1) is 0 Å². The number of fused-ring (bicyclic) bond motifs is 1. The molecule has 2 aliphatic rings. The molecule has 1 aromatic heterocycles. The maximum Gasteiger partial charge on any atom is 0.320 e. The summed E-state index contributed by atoms with van der Waals surface area (Å²) in [4.78, 5) is 25.8. The van der Waals surface area contributed by atoms with Gasteiger partial charge < -0.3 is 15.4 Å². The van der Waals surface area contributed by atoms with Gasteiger partial charge in [-0.2, -0.15) is 9.97 Å². The van der Waals surface area contributed by atoms with Crippen LogP contribution in [0.25, 0.3) is 0 Å². The highest BCUT2D eigenvalue weighted by atomic mass is 16.5. The highest BCUT2D eigenvalue weighted by molar-refractivity contribution is 6.01. The molecule has 28 heavy (non-hydrogen) atoms. The molecule has 1 fully saturated rings. The molecule has 2 atom stereocenters. The minimum absolute atomic E-state index is 0.0252. The zero-order valence-electron chi connectivity index (χ0n) is 17.8. The van der Waals surface area contributed by atoms with Crippen molar-refractivity contribution >= 4 is 17.5 Å². The molecular formula is C21H35N5O2. The second kappa shape index (κ2) is 9.07. The zero-order chi connectivity index (χ0) is 20.3. The summed E-state index contributed by atoms with van der Waals surface area (Å²) in [6, 6.07) is 0.856. The van der Waals surface area contributed by atoms with Crippen molar-refractivity contribution < 1.29 is 9.53 Å². The van der Waals surface area contributed by atoms with Crippen molar-refractivity contribution in [2.45, 2.75) is 78.4 Å². The third-order valence-corrected chi connectivity index (χ3v) is 5.92. The van der Waals surface area contributed by atoms with Gasteiger partial charge in [-0.3, -0.25) is 9.69 Å². The molecule has 0 bridgehead atoms. The molecule has 1 amide bonds. The number of hydrogen-bond donors (Lipinski definition) is 1. The van der Waals surface area contributed by atoms with E-state index in [0.717, 1.165) is 31.4 Å². The number of rotatable bonds is 8. The molecule has 3 heterocycles. The fraction of sp³-hybridized carbons (Fsp3) is 0.762. The Morgan fingerprint density at radius 2 is 2.07 bits per heavy atom. The maximum atomic E-state index is 12.6. The van der Waals surface area contributed by atoms with Gasteiger partial charge >= 0.3 is 6.01 Å². The smallest absolute Gasteiger partial charge is 0.320 e. The minimum atomic E-state index is 0.0252. The van der Waals surface area contributed by atoms with E-state index in [1.165, 1.54) is 19.4 Å². The van der Waals surface area contributed by atoms with Crippen molar-refractivity contribution in [3.63, 3.8) is 0 Å². The third-order valence-electron chi connectivity index (χ3n) is 5.92. The number of carbonyl (C=O) groups excluding carboxylic acids is 1. The lowest BCUT2D eigenvalue weighted by Crippen LogP contribution is -2.41. The van der Waals surface area contributed by atoms with Crippen LogP contribution in [-0.4, -0.2) is 52.6 Å². The number of nitrogens with zero attached hydrogens (tertiary/aromatic N) is 4. The van der Waals surface area contributed by atoms with Crippen LogP contribution in [-0.2, 0) is 11.2 Å². The normalized spacial score (nSPS) is 21.2. The summed E-state index contributed by atoms with van der Waals surface area (Å²) in [5.41, 5.74) is 6.86. The average molecular weight is 390 g/mol. The Kier molecular flexibility index (Phi) is 6.75. The SMILES string of the molecule is CCC[C@H](C)Oc1nc(N)c2c(n1)N(CCC1CCCN(C(C)C)C1)C(=O)C2. The van der Waals surface area contributed by atoms with Crippen molar-refractivity contribution in [2.75, 3.05) is 30.3 Å². The first kappa shape index (κ1) is 20.8. The van der Waals surface area contributed by atoms with Crippen LogP contribution in [0.3, 0.4) is 0 Å². The summed E-state index contributed by atoms with van der Waals surface area (Å²) >= 11 is 0. The number of anilines is 2. The van der Waals surface area contributed by atoms with Crippen molar-refractivity contribution in [3.05, 3.63) is 5.56 Å². The highest BCUT2D eigenvalue weighted by Crippen LogP contribution is 2.33. The fourth-order valence-corrected chi connectivity index (χ4v) is 4.27. The van der Waals surface area contributed by atoms with Crippen LogP contribution >= 0.6 is 0 Å². The predicted molar refractivity (Wildman–Crippen MR) is 112 cm³/mol. The maximum absolute atomic E-state index is 12.6. The van der Waals surface area contributed by atoms with E-state index in [1.807, 2.05) is 6.92 Å². The highest BCUT2D eigenvalue weighted by Gasteiger charge is 2.33. The molecule has 0 aliphatic carbocycles. The van der Waals surface area contributed by atoms with Crippen LogP contribution < -0.4 is 15.4 Å². The summed E-state index contributed by atoms with van der Waals surface area (Å²) in [7, 11) is 0. The van der Waals surface area contributed by atoms with E-state index in [9.17, 15) is 4.79 Å². The van der Waals surface area contributed by atoms with Gasteiger partial charge in [-0.1, -0.05) is 13.3 Å². The van der Waals surface area contributed by atoms with Crippen molar-refractivity contribution in [1.29, 1.82) is 0 Å². The number of aromatic nitrogens is 2. The number of amides is 1. The van der Waals surface area contributed by atoms with Gasteiger partial charge in [-0.05, 0) is 58.9 Å². The van der Waals surface area contributed by atoms with Gasteiger partial charge in [0.15, 0.2) is 0 Å². The van der Waals surface area contributed by atoms with E-state index in [1.54, 1.807) is 4.90 Å². The van der Waals surface area contributed by atoms with Crippen LogP contribution in [0.5, 0.6) is 6.01 Å². The largest absolute Gasteiger partial charge is 0.460 e. The van der Waals surface area contributed by atoms with Gasteiger partial charge in [-0.25, -0.2) is 0 Å². The van der Waals surface area contributed by atoms with Crippen molar-refractivity contribution in [3.8, 4) is 6.01 Å². The van der Waals surface area contributed by atoms with Gasteiger partial charge in [0.1, 0.15) is 11.6 Å². The number of piperidine rings is 1. The number of nitrogens with two attached hydrogens (primary N) is 1. The summed E-state index contributed by atoms with van der Waals surface area (Å²) in [5, 5.41) is 0. The molecule has 0 radical (unpaired) electrons. The Labute approximate surface area is 168 Å². The molecule has 7 nitrogen and oxygen atoms in total. The molecule has 1 saturated heterocycles. The lowest BCUT2D eigenvalue weighted by atomic mass is 9.94. The monoisotopic (exact) mass is 389 g/mol. The third kappa shape index (κ3) is 4.74. The van der Waals surface area contributed by atoms with Crippen LogP contribution in [0.1, 0.15) is 65.4 Å². The predicted octanol–water partition coefficient (Wildman–Crippen LogP) is 3.03. The van der Waals surface area contributed by atoms with E-state index in [0.29, 0.717) is 30.1 Å². The average Bonchev–Trinajstić information content (AvgIpc) is 2.96. The Morgan fingerprint density at radius 3 is 2.79 bits per heavy atom. The van der Waals surface area contributed by atoms with Crippen LogP contribution in [0.15, 0.2) is 0 Å². The van der Waals surface area contributed by atoms with Crippen LogP contribution in [0.4, 0.5) is 11.6 Å². The molecule has 7 heteroatoms. The van der Waals surface area contributed by atoms with Crippen molar-refractivity contribution in [1.82, 2.24) is 14.9 Å². The Morgan fingerprint density at radius 1 is 1.29 bits per heavy atom. The fourth-order valence-electron chi connectivity index (χ4n) is 4.27. The molecule has 0 saturated carbocycles. The molecule has 0 aromatic carbocycles. The van der Waals surface area contributed by atoms with Crippen LogP contribution in [0.2, 0.25) is 0 Å². The first-order valence-corrected chi connectivity index (χ1v) is 10.8. The standard InChI is InChI=1S/C21H35N5O2/c1-5-7-15(4)28-21-23-19(22)17-12-18(27)26(20(17)24-21)11-9-16-8-6-10-25(13-16)14(2)3/h14-16H,5-13H2,1-4H3,(H2,22,23,24)/t15-,16?/m0/s1. The molecule has 156 valence electrons. The molecule has 3 rings (SSSR count). The second-order valence-corrected chi connectivity index (χ2v) is 8.52. The van der Waals surface area contributed by atoms with Gasteiger partial charge in [0.2, 0.25) is 5.91 Å². The number of likely N-dealkylation sites (tertiary alicyclic amines) is 1. The Bertz CT molecular complexity index is 694. The van der Waals surface area contributed by atoms with E-state index >= 15 is 0 Å². The lowest BCUT2D eigenvalue weighted by Gasteiger charge is -2.36. The molecular weight excluding hydrogens is 354 g/mol. The molecule has 1 aromatic rings. The molecule has 2 N–H and O–H groups in total. The topological polar surface area (TPSA) is 84.6 Å². The number of hydrogen-bond acceptors (Lipinski definition) is 6. The van der Waals surface area contributed by atoms with Gasteiger partial charge in [0.25, 0.3) is 0 Å². The molecule has 1 unspecified atom stereocenters. The summed E-state index contributed by atoms with van der Waals surface area (Å²) in [6.45, 7) is 11.6. The number of nitrogen functional groups attached to an aromatic ring is 1. The van der Waals surface area contributed by atoms with E-state index < -0.39 is 0 Å². The first-order valence-electron chi connectivity index (χ1n) is 10.8. The van der Waals surface area contributed by atoms with E-state index in [2.05, 4.69) is 35.6 Å². The number of carbonyl (C=O) groups is 1. The molecule has 0 spiro atoms. The Hall–Kier alpha value is -1.89. The molecule has 2 aliphatic heterocycles. The number of ether oxygens (including phenoxy) is 1. The Balaban J connectivity index is 1.68. The van der Waals surface area contributed by atoms with Crippen LogP contribution in [0, 0.1) is 5.92 Å². The van der Waals surface area contributed by atoms with E-state index in [4.69, 9.17) is 10.5 Å². The quantitative estimate of drug-likeness (QED) is 0.736. The van der Waals surface area contributed by atoms with Gasteiger partial charge in [0, 0.05) is 24.7 Å². The summed E-state index contributed by atoms with van der Waals surface area (Å²) in [6.07, 6.45) is 5.72. The van der Waals surface area contributed by atoms with E-state index in [-0.39, 0.29) is 24.4 Å². The first-order chi connectivity index (χ1) is 13.4. The van der Waals surface area contributed by atoms with Gasteiger partial charge in [0.05, 0.1) is 12.5 Å². The van der Waals surface area contributed by atoms with Crippen molar-refractivity contribution in [2.24, 2.45) is 5.92 Å². The minimum Gasteiger partial charge on any atom is -0.460 e. The summed E-state index contributed by atoms with van der Waals surface area (Å²) in [5.74, 6) is 1.69. The lowest BCUT2D eigenvalue weighted by molar-refractivity contribution is -0.117. The second-order valence-electron chi connectivity index (χ2n) is 8.52. The summed E-state index contributed by atoms with van der Waals surface area (Å²) < 4.78 is 5.83.